The summed E-state index contributed by atoms with van der Waals surface area (Å²) in [6.45, 7) is 4.81. The van der Waals surface area contributed by atoms with E-state index in [2.05, 4.69) is 20.6 Å². The van der Waals surface area contributed by atoms with Gasteiger partial charge >= 0.3 is 0 Å². The van der Waals surface area contributed by atoms with Crippen molar-refractivity contribution in [1.29, 1.82) is 0 Å². The maximum Gasteiger partial charge on any atom is 0.213 e. The number of aliphatic imine (C=N–C) groups is 1. The second-order valence-electron chi connectivity index (χ2n) is 5.58. The van der Waals surface area contributed by atoms with E-state index < -0.39 is 0 Å². The van der Waals surface area contributed by atoms with Gasteiger partial charge in [-0.1, -0.05) is 0 Å². The van der Waals surface area contributed by atoms with E-state index in [4.69, 9.17) is 9.47 Å². The lowest BCUT2D eigenvalue weighted by atomic mass is 10.2. The number of aromatic nitrogens is 1. The molecule has 0 saturated heterocycles. The number of hydrogen-bond acceptors (Lipinski definition) is 4. The van der Waals surface area contributed by atoms with Crippen LogP contribution in [0.25, 0.3) is 0 Å². The predicted molar refractivity (Wildman–Crippen MR) is 107 cm³/mol. The Balaban J connectivity index is 0.00000288. The van der Waals surface area contributed by atoms with Crippen LogP contribution in [-0.2, 0) is 11.3 Å². The van der Waals surface area contributed by atoms with Gasteiger partial charge < -0.3 is 20.1 Å². The minimum Gasteiger partial charge on any atom is -0.474 e. The Morgan fingerprint density at radius 1 is 1.33 bits per heavy atom. The molecule has 0 spiro atoms. The average Bonchev–Trinajstić information content (AvgIpc) is 3.07. The van der Waals surface area contributed by atoms with E-state index >= 15 is 0 Å². The lowest BCUT2D eigenvalue weighted by Crippen LogP contribution is -2.38. The summed E-state index contributed by atoms with van der Waals surface area (Å²) in [6, 6.07) is 3.99. The molecule has 0 amide bonds. The van der Waals surface area contributed by atoms with Gasteiger partial charge in [0.05, 0.1) is 6.61 Å². The molecule has 0 aromatic carbocycles. The summed E-state index contributed by atoms with van der Waals surface area (Å²) in [5.74, 6) is 1.48. The van der Waals surface area contributed by atoms with Crippen molar-refractivity contribution in [2.45, 2.75) is 45.3 Å². The topological polar surface area (TPSA) is 67.8 Å². The highest BCUT2D eigenvalue weighted by molar-refractivity contribution is 14.0. The van der Waals surface area contributed by atoms with Crippen molar-refractivity contribution in [3.63, 3.8) is 0 Å². The molecule has 1 aliphatic carbocycles. The van der Waals surface area contributed by atoms with Gasteiger partial charge in [-0.15, -0.1) is 24.0 Å². The highest BCUT2D eigenvalue weighted by Crippen LogP contribution is 2.23. The van der Waals surface area contributed by atoms with Crippen LogP contribution in [0.2, 0.25) is 0 Å². The van der Waals surface area contributed by atoms with Gasteiger partial charge in [0.25, 0.3) is 0 Å². The van der Waals surface area contributed by atoms with Crippen molar-refractivity contribution in [1.82, 2.24) is 15.6 Å². The molecule has 1 aromatic rings. The molecule has 0 atom stereocenters. The Labute approximate surface area is 161 Å². The lowest BCUT2D eigenvalue weighted by Gasteiger charge is -2.14. The molecule has 7 heteroatoms. The third-order valence-electron chi connectivity index (χ3n) is 3.82. The summed E-state index contributed by atoms with van der Waals surface area (Å²) in [4.78, 5) is 8.51. The van der Waals surface area contributed by atoms with E-state index in [-0.39, 0.29) is 24.0 Å². The quantitative estimate of drug-likeness (QED) is 0.277. The number of rotatable bonds is 8. The molecule has 0 radical (unpaired) electrons. The van der Waals surface area contributed by atoms with Crippen LogP contribution in [0.5, 0.6) is 5.88 Å². The van der Waals surface area contributed by atoms with Gasteiger partial charge in [-0.3, -0.25) is 4.99 Å². The van der Waals surface area contributed by atoms with E-state index in [1.165, 1.54) is 12.8 Å². The monoisotopic (exact) mass is 448 g/mol. The minimum absolute atomic E-state index is 0. The molecule has 1 aromatic heterocycles. The number of hydrogen-bond donors (Lipinski definition) is 2. The van der Waals surface area contributed by atoms with Gasteiger partial charge in [-0.05, 0) is 44.2 Å². The zero-order chi connectivity index (χ0) is 16.3. The van der Waals surface area contributed by atoms with E-state index in [0.29, 0.717) is 19.3 Å². The summed E-state index contributed by atoms with van der Waals surface area (Å²) < 4.78 is 11.2. The number of nitrogens with zero attached hydrogens (tertiary/aromatic N) is 2. The first-order valence-corrected chi connectivity index (χ1v) is 8.45. The highest BCUT2D eigenvalue weighted by atomic mass is 127. The smallest absolute Gasteiger partial charge is 0.213 e. The molecule has 6 nitrogen and oxygen atoms in total. The van der Waals surface area contributed by atoms with E-state index in [9.17, 15) is 0 Å². The number of nitrogens with one attached hydrogen (secondary N) is 2. The predicted octanol–water partition coefficient (Wildman–Crippen LogP) is 2.72. The fourth-order valence-corrected chi connectivity index (χ4v) is 2.59. The largest absolute Gasteiger partial charge is 0.474 e. The Hall–Kier alpha value is -1.09. The van der Waals surface area contributed by atoms with Crippen LogP contribution in [0, 0.1) is 0 Å². The number of pyridine rings is 1. The van der Waals surface area contributed by atoms with Crippen LogP contribution in [0.3, 0.4) is 0 Å². The number of halogens is 1. The SMILES string of the molecule is CCOCCNC(=NC)NCc1ccnc(OC2CCCC2)c1.I. The van der Waals surface area contributed by atoms with Crippen LogP contribution in [-0.4, -0.2) is 43.9 Å². The van der Waals surface area contributed by atoms with E-state index in [1.54, 1.807) is 13.2 Å². The summed E-state index contributed by atoms with van der Waals surface area (Å²) in [5.41, 5.74) is 1.13. The molecule has 0 aliphatic heterocycles. The summed E-state index contributed by atoms with van der Waals surface area (Å²) in [6.07, 6.45) is 6.93. The Bertz CT molecular complexity index is 493. The van der Waals surface area contributed by atoms with Crippen molar-refractivity contribution in [3.8, 4) is 5.88 Å². The standard InChI is InChI=1S/C17H28N4O2.HI/c1-3-22-11-10-20-17(18-2)21-13-14-8-9-19-16(12-14)23-15-6-4-5-7-15;/h8-9,12,15H,3-7,10-11,13H2,1-2H3,(H2,18,20,21);1H. The summed E-state index contributed by atoms with van der Waals surface area (Å²) in [5, 5.41) is 6.50. The van der Waals surface area contributed by atoms with Crippen LogP contribution >= 0.6 is 24.0 Å². The van der Waals surface area contributed by atoms with Crippen LogP contribution < -0.4 is 15.4 Å². The maximum absolute atomic E-state index is 5.94. The molecule has 1 saturated carbocycles. The summed E-state index contributed by atoms with van der Waals surface area (Å²) >= 11 is 0. The molecule has 0 unspecified atom stereocenters. The molecule has 24 heavy (non-hydrogen) atoms. The Kier molecular flexibility index (Phi) is 10.7. The van der Waals surface area contributed by atoms with E-state index in [0.717, 1.165) is 43.4 Å². The number of ether oxygens (including phenoxy) is 2. The van der Waals surface area contributed by atoms with Crippen molar-refractivity contribution in [2.24, 2.45) is 4.99 Å². The van der Waals surface area contributed by atoms with Crippen molar-refractivity contribution >= 4 is 29.9 Å². The Morgan fingerprint density at radius 2 is 2.12 bits per heavy atom. The summed E-state index contributed by atoms with van der Waals surface area (Å²) in [7, 11) is 1.76. The molecule has 136 valence electrons. The average molecular weight is 448 g/mol. The van der Waals surface area contributed by atoms with E-state index in [1.807, 2.05) is 19.1 Å². The maximum atomic E-state index is 5.94. The normalized spacial score (nSPS) is 15.0. The van der Waals surface area contributed by atoms with Gasteiger partial charge in [0.2, 0.25) is 5.88 Å². The van der Waals surface area contributed by atoms with Crippen molar-refractivity contribution < 1.29 is 9.47 Å². The van der Waals surface area contributed by atoms with Crippen LogP contribution in [0.1, 0.15) is 38.2 Å². The minimum atomic E-state index is 0. The number of guanidine groups is 1. The molecule has 1 aliphatic rings. The van der Waals surface area contributed by atoms with Crippen LogP contribution in [0.4, 0.5) is 0 Å². The zero-order valence-electron chi connectivity index (χ0n) is 14.6. The molecule has 2 N–H and O–H groups in total. The molecule has 1 fully saturated rings. The lowest BCUT2D eigenvalue weighted by molar-refractivity contribution is 0.152. The van der Waals surface area contributed by atoms with Gasteiger partial charge in [0.15, 0.2) is 5.96 Å². The molecule has 2 rings (SSSR count). The third-order valence-corrected chi connectivity index (χ3v) is 3.82. The van der Waals surface area contributed by atoms with Crippen molar-refractivity contribution in [3.05, 3.63) is 23.9 Å². The molecular weight excluding hydrogens is 419 g/mol. The first-order valence-electron chi connectivity index (χ1n) is 8.45. The molecule has 0 bridgehead atoms. The first-order chi connectivity index (χ1) is 11.3. The third kappa shape index (κ3) is 7.65. The zero-order valence-corrected chi connectivity index (χ0v) is 16.9. The second kappa shape index (κ2) is 12.3. The van der Waals surface area contributed by atoms with Gasteiger partial charge in [0, 0.05) is 39.0 Å². The fourth-order valence-electron chi connectivity index (χ4n) is 2.59. The van der Waals surface area contributed by atoms with Crippen LogP contribution in [0.15, 0.2) is 23.3 Å². The highest BCUT2D eigenvalue weighted by Gasteiger charge is 2.16. The second-order valence-corrected chi connectivity index (χ2v) is 5.58. The van der Waals surface area contributed by atoms with Gasteiger partial charge in [-0.25, -0.2) is 4.98 Å². The van der Waals surface area contributed by atoms with Gasteiger partial charge in [0.1, 0.15) is 6.10 Å². The fraction of sp³-hybridized carbons (Fsp3) is 0.647. The van der Waals surface area contributed by atoms with Crippen molar-refractivity contribution in [2.75, 3.05) is 26.8 Å². The first kappa shape index (κ1) is 21.0. The van der Waals surface area contributed by atoms with Gasteiger partial charge in [-0.2, -0.15) is 0 Å². The molecule has 1 heterocycles. The molecular formula is C17H29IN4O2. The Morgan fingerprint density at radius 3 is 2.83 bits per heavy atom.